The van der Waals surface area contributed by atoms with E-state index in [1.165, 1.54) is 12.1 Å². The molecule has 0 spiro atoms. The lowest BCUT2D eigenvalue weighted by atomic mass is 10.0. The highest BCUT2D eigenvalue weighted by atomic mass is 32.2. The molecule has 7 heteroatoms. The van der Waals surface area contributed by atoms with Crippen molar-refractivity contribution in [2.45, 2.75) is 37.1 Å². The van der Waals surface area contributed by atoms with E-state index in [1.807, 2.05) is 6.92 Å². The van der Waals surface area contributed by atoms with Gasteiger partial charge in [-0.15, -0.1) is 0 Å². The first-order chi connectivity index (χ1) is 12.9. The summed E-state index contributed by atoms with van der Waals surface area (Å²) < 4.78 is 40.7. The molecule has 27 heavy (non-hydrogen) atoms. The van der Waals surface area contributed by atoms with Gasteiger partial charge in [0, 0.05) is 12.6 Å². The molecular formula is C20H23FN2O3S. The zero-order valence-electron chi connectivity index (χ0n) is 15.2. The Balaban J connectivity index is 1.94. The van der Waals surface area contributed by atoms with E-state index in [0.717, 1.165) is 35.7 Å². The summed E-state index contributed by atoms with van der Waals surface area (Å²) in [5.74, 6) is -0.741. The molecule has 1 saturated heterocycles. The minimum absolute atomic E-state index is 0.0488. The van der Waals surface area contributed by atoms with Crippen LogP contribution in [0.4, 0.5) is 10.1 Å². The Bertz CT molecular complexity index is 885. The first kappa shape index (κ1) is 19.4. The first-order valence-corrected chi connectivity index (χ1v) is 10.5. The number of halogens is 1. The molecule has 1 heterocycles. The molecule has 144 valence electrons. The van der Waals surface area contributed by atoms with Gasteiger partial charge in [0.15, 0.2) is 0 Å². The third kappa shape index (κ3) is 4.30. The Hall–Kier alpha value is -2.41. The normalized spacial score (nSPS) is 17.6. The summed E-state index contributed by atoms with van der Waals surface area (Å²) in [6.07, 6.45) is 2.91. The van der Waals surface area contributed by atoms with Crippen LogP contribution in [0.15, 0.2) is 59.5 Å². The van der Waals surface area contributed by atoms with Crippen molar-refractivity contribution in [3.63, 3.8) is 0 Å². The van der Waals surface area contributed by atoms with E-state index in [4.69, 9.17) is 0 Å². The highest BCUT2D eigenvalue weighted by Crippen LogP contribution is 2.25. The number of hydrogen-bond donors (Lipinski definition) is 0. The molecule has 0 aliphatic carbocycles. The number of sulfonamides is 1. The number of anilines is 1. The van der Waals surface area contributed by atoms with Gasteiger partial charge in [-0.2, -0.15) is 0 Å². The molecule has 0 aromatic heterocycles. The molecule has 1 atom stereocenters. The lowest BCUT2D eigenvalue weighted by molar-refractivity contribution is -0.132. The summed E-state index contributed by atoms with van der Waals surface area (Å²) in [6.45, 7) is 2.34. The number of amides is 1. The van der Waals surface area contributed by atoms with Gasteiger partial charge in [-0.25, -0.2) is 12.8 Å². The molecule has 5 nitrogen and oxygen atoms in total. The number of carbonyl (C=O) groups is 1. The van der Waals surface area contributed by atoms with Crippen molar-refractivity contribution in [1.82, 2.24) is 4.90 Å². The number of para-hydroxylation sites is 1. The van der Waals surface area contributed by atoms with Gasteiger partial charge in [-0.3, -0.25) is 9.10 Å². The Morgan fingerprint density at radius 2 is 1.78 bits per heavy atom. The molecule has 0 bridgehead atoms. The maximum absolute atomic E-state index is 13.2. The molecule has 1 aliphatic rings. The van der Waals surface area contributed by atoms with Gasteiger partial charge in [-0.05, 0) is 62.6 Å². The molecule has 0 N–H and O–H groups in total. The van der Waals surface area contributed by atoms with Gasteiger partial charge in [0.25, 0.3) is 10.0 Å². The summed E-state index contributed by atoms with van der Waals surface area (Å²) >= 11 is 0. The van der Waals surface area contributed by atoms with Crippen LogP contribution in [0.1, 0.15) is 26.2 Å². The van der Waals surface area contributed by atoms with Gasteiger partial charge < -0.3 is 4.90 Å². The maximum atomic E-state index is 13.2. The summed E-state index contributed by atoms with van der Waals surface area (Å²) in [4.78, 5) is 14.6. The van der Waals surface area contributed by atoms with E-state index in [2.05, 4.69) is 0 Å². The predicted molar refractivity (Wildman–Crippen MR) is 102 cm³/mol. The number of rotatable bonds is 5. The van der Waals surface area contributed by atoms with E-state index in [9.17, 15) is 17.6 Å². The van der Waals surface area contributed by atoms with E-state index in [1.54, 1.807) is 35.2 Å². The lowest BCUT2D eigenvalue weighted by Gasteiger charge is -2.35. The SMILES string of the molecule is C[C@H]1CCCCN1C(=O)CN(c1ccccc1)S(=O)(=O)c1ccc(F)cc1. The van der Waals surface area contributed by atoms with Crippen LogP contribution in [0.5, 0.6) is 0 Å². The number of hydrogen-bond acceptors (Lipinski definition) is 3. The number of piperidine rings is 1. The van der Waals surface area contributed by atoms with Crippen molar-refractivity contribution >= 4 is 21.6 Å². The number of carbonyl (C=O) groups excluding carboxylic acids is 1. The van der Waals surface area contributed by atoms with Crippen LogP contribution in [-0.4, -0.2) is 38.4 Å². The van der Waals surface area contributed by atoms with Gasteiger partial charge in [0.1, 0.15) is 12.4 Å². The minimum atomic E-state index is -4.00. The van der Waals surface area contributed by atoms with Gasteiger partial charge in [0.2, 0.25) is 5.91 Å². The van der Waals surface area contributed by atoms with Gasteiger partial charge >= 0.3 is 0 Å². The van der Waals surface area contributed by atoms with Crippen LogP contribution in [-0.2, 0) is 14.8 Å². The summed E-state index contributed by atoms with van der Waals surface area (Å²) in [5.41, 5.74) is 0.403. The second-order valence-electron chi connectivity index (χ2n) is 6.73. The molecular weight excluding hydrogens is 367 g/mol. The van der Waals surface area contributed by atoms with Crippen LogP contribution in [0.25, 0.3) is 0 Å². The van der Waals surface area contributed by atoms with Gasteiger partial charge in [0.05, 0.1) is 10.6 Å². The van der Waals surface area contributed by atoms with Crippen LogP contribution in [0.3, 0.4) is 0 Å². The van der Waals surface area contributed by atoms with E-state index in [0.29, 0.717) is 12.2 Å². The van der Waals surface area contributed by atoms with E-state index in [-0.39, 0.29) is 23.4 Å². The fourth-order valence-corrected chi connectivity index (χ4v) is 4.74. The fraction of sp³-hybridized carbons (Fsp3) is 0.350. The van der Waals surface area contributed by atoms with Crippen LogP contribution < -0.4 is 4.31 Å². The standard InChI is InChI=1S/C20H23FN2O3S/c1-16-7-5-6-14-22(16)20(24)15-23(18-8-3-2-4-9-18)27(25,26)19-12-10-17(21)11-13-19/h2-4,8-13,16H,5-7,14-15H2,1H3/t16-/m0/s1. The van der Waals surface area contributed by atoms with Crippen molar-refractivity contribution in [3.8, 4) is 0 Å². The third-order valence-electron chi connectivity index (χ3n) is 4.85. The van der Waals surface area contributed by atoms with Crippen molar-refractivity contribution in [1.29, 1.82) is 0 Å². The largest absolute Gasteiger partial charge is 0.338 e. The predicted octanol–water partition coefficient (Wildman–Crippen LogP) is 3.42. The Morgan fingerprint density at radius 1 is 1.11 bits per heavy atom. The number of likely N-dealkylation sites (tertiary alicyclic amines) is 1. The molecule has 1 amide bonds. The van der Waals surface area contributed by atoms with Crippen molar-refractivity contribution in [2.24, 2.45) is 0 Å². The lowest BCUT2D eigenvalue weighted by Crippen LogP contribution is -2.48. The highest BCUT2D eigenvalue weighted by molar-refractivity contribution is 7.92. The van der Waals surface area contributed by atoms with Crippen LogP contribution in [0, 0.1) is 5.82 Å². The molecule has 2 aromatic carbocycles. The first-order valence-electron chi connectivity index (χ1n) is 9.02. The average Bonchev–Trinajstić information content (AvgIpc) is 2.67. The van der Waals surface area contributed by atoms with Crippen LogP contribution >= 0.6 is 0 Å². The van der Waals surface area contributed by atoms with Crippen molar-refractivity contribution in [2.75, 3.05) is 17.4 Å². The molecule has 2 aromatic rings. The fourth-order valence-electron chi connectivity index (χ4n) is 3.33. The van der Waals surface area contributed by atoms with Crippen molar-refractivity contribution in [3.05, 3.63) is 60.4 Å². The summed E-state index contributed by atoms with van der Waals surface area (Å²) in [6, 6.07) is 13.2. The maximum Gasteiger partial charge on any atom is 0.264 e. The number of nitrogens with zero attached hydrogens (tertiary/aromatic N) is 2. The molecule has 0 saturated carbocycles. The van der Waals surface area contributed by atoms with Gasteiger partial charge in [-0.1, -0.05) is 18.2 Å². The van der Waals surface area contributed by atoms with Crippen molar-refractivity contribution < 1.29 is 17.6 Å². The third-order valence-corrected chi connectivity index (χ3v) is 6.64. The summed E-state index contributed by atoms with van der Waals surface area (Å²) in [7, 11) is -4.00. The van der Waals surface area contributed by atoms with E-state index < -0.39 is 15.8 Å². The molecule has 0 radical (unpaired) electrons. The number of benzene rings is 2. The highest BCUT2D eigenvalue weighted by Gasteiger charge is 2.31. The molecule has 1 aliphatic heterocycles. The topological polar surface area (TPSA) is 57.7 Å². The molecule has 1 fully saturated rings. The molecule has 0 unspecified atom stereocenters. The monoisotopic (exact) mass is 390 g/mol. The second-order valence-corrected chi connectivity index (χ2v) is 8.60. The summed E-state index contributed by atoms with van der Waals surface area (Å²) in [5, 5.41) is 0. The Morgan fingerprint density at radius 3 is 2.41 bits per heavy atom. The zero-order valence-corrected chi connectivity index (χ0v) is 16.0. The molecule has 3 rings (SSSR count). The average molecular weight is 390 g/mol. The quantitative estimate of drug-likeness (QED) is 0.786. The Kier molecular flexibility index (Phi) is 5.79. The van der Waals surface area contributed by atoms with E-state index >= 15 is 0 Å². The smallest absolute Gasteiger partial charge is 0.264 e. The second kappa shape index (κ2) is 8.08. The van der Waals surface area contributed by atoms with Crippen LogP contribution in [0.2, 0.25) is 0 Å². The minimum Gasteiger partial charge on any atom is -0.338 e. The zero-order chi connectivity index (χ0) is 19.4. The Labute approximate surface area is 159 Å².